The van der Waals surface area contributed by atoms with Gasteiger partial charge in [0.1, 0.15) is 11.6 Å². The van der Waals surface area contributed by atoms with Crippen molar-refractivity contribution in [3.63, 3.8) is 0 Å². The molecule has 2 aliphatic rings. The van der Waals surface area contributed by atoms with Gasteiger partial charge < -0.3 is 15.0 Å². The summed E-state index contributed by atoms with van der Waals surface area (Å²) in [6.07, 6.45) is 0.973. The SMILES string of the molecule is CC(=O)N1CCC1c1cc(NCC2(C)COC2)nc(C)n1. The Hall–Kier alpha value is -1.69. The maximum atomic E-state index is 11.5. The first-order valence-corrected chi connectivity index (χ1v) is 7.41. The van der Waals surface area contributed by atoms with Crippen LogP contribution in [0.3, 0.4) is 0 Å². The van der Waals surface area contributed by atoms with E-state index < -0.39 is 0 Å². The van der Waals surface area contributed by atoms with Crippen molar-refractivity contribution < 1.29 is 9.53 Å². The maximum Gasteiger partial charge on any atom is 0.220 e. The summed E-state index contributed by atoms with van der Waals surface area (Å²) < 4.78 is 5.26. The zero-order chi connectivity index (χ0) is 15.0. The highest BCUT2D eigenvalue weighted by Crippen LogP contribution is 2.33. The van der Waals surface area contributed by atoms with Gasteiger partial charge in [0.25, 0.3) is 0 Å². The van der Waals surface area contributed by atoms with E-state index in [4.69, 9.17) is 4.74 Å². The average molecular weight is 290 g/mol. The number of amides is 1. The number of likely N-dealkylation sites (tertiary alicyclic amines) is 1. The van der Waals surface area contributed by atoms with Crippen LogP contribution in [0.2, 0.25) is 0 Å². The standard InChI is InChI=1S/C15H22N4O2/c1-10-17-12(13-4-5-19(13)11(2)20)6-14(18-10)16-7-15(3)8-21-9-15/h6,13H,4-5,7-9H2,1-3H3,(H,16,17,18). The highest BCUT2D eigenvalue weighted by molar-refractivity contribution is 5.74. The average Bonchev–Trinajstić information content (AvgIpc) is 2.31. The molecular formula is C15H22N4O2. The number of carbonyl (C=O) groups excluding carboxylic acids is 1. The van der Waals surface area contributed by atoms with Crippen LogP contribution in [0.1, 0.15) is 37.8 Å². The lowest BCUT2D eigenvalue weighted by molar-refractivity contribution is -0.136. The summed E-state index contributed by atoms with van der Waals surface area (Å²) in [6.45, 7) is 8.93. The molecule has 6 heteroatoms. The molecular weight excluding hydrogens is 268 g/mol. The number of anilines is 1. The molecule has 114 valence electrons. The first-order valence-electron chi connectivity index (χ1n) is 7.41. The largest absolute Gasteiger partial charge is 0.380 e. The van der Waals surface area contributed by atoms with E-state index in [0.29, 0.717) is 0 Å². The molecule has 2 aliphatic heterocycles. The number of nitrogens with zero attached hydrogens (tertiary/aromatic N) is 3. The molecule has 2 saturated heterocycles. The van der Waals surface area contributed by atoms with Crippen molar-refractivity contribution in [2.75, 3.05) is 31.6 Å². The van der Waals surface area contributed by atoms with Gasteiger partial charge in [-0.05, 0) is 13.3 Å². The van der Waals surface area contributed by atoms with Crippen LogP contribution < -0.4 is 5.32 Å². The van der Waals surface area contributed by atoms with Crippen LogP contribution in [0.15, 0.2) is 6.07 Å². The van der Waals surface area contributed by atoms with E-state index in [-0.39, 0.29) is 17.4 Å². The Labute approximate surface area is 124 Å². The van der Waals surface area contributed by atoms with Crippen LogP contribution in [-0.4, -0.2) is 47.1 Å². The van der Waals surface area contributed by atoms with Gasteiger partial charge in [-0.2, -0.15) is 0 Å². The van der Waals surface area contributed by atoms with Gasteiger partial charge in [0, 0.05) is 31.5 Å². The fourth-order valence-corrected chi connectivity index (χ4v) is 2.78. The molecule has 0 saturated carbocycles. The van der Waals surface area contributed by atoms with Gasteiger partial charge in [-0.25, -0.2) is 9.97 Å². The van der Waals surface area contributed by atoms with Crippen LogP contribution in [0.5, 0.6) is 0 Å². The number of aromatic nitrogens is 2. The van der Waals surface area contributed by atoms with E-state index in [2.05, 4.69) is 22.2 Å². The number of carbonyl (C=O) groups is 1. The Morgan fingerprint density at radius 3 is 2.81 bits per heavy atom. The topological polar surface area (TPSA) is 67.4 Å². The van der Waals surface area contributed by atoms with Crippen molar-refractivity contribution in [3.05, 3.63) is 17.6 Å². The van der Waals surface area contributed by atoms with Crippen molar-refractivity contribution in [2.45, 2.75) is 33.2 Å². The molecule has 0 aliphatic carbocycles. The van der Waals surface area contributed by atoms with Crippen molar-refractivity contribution >= 4 is 11.7 Å². The van der Waals surface area contributed by atoms with Crippen LogP contribution in [0, 0.1) is 12.3 Å². The summed E-state index contributed by atoms with van der Waals surface area (Å²) in [5.41, 5.74) is 1.13. The summed E-state index contributed by atoms with van der Waals surface area (Å²) >= 11 is 0. The minimum absolute atomic E-state index is 0.104. The minimum Gasteiger partial charge on any atom is -0.380 e. The number of hydrogen-bond acceptors (Lipinski definition) is 5. The van der Waals surface area contributed by atoms with Crippen LogP contribution in [-0.2, 0) is 9.53 Å². The third-order valence-corrected chi connectivity index (χ3v) is 4.22. The smallest absolute Gasteiger partial charge is 0.220 e. The van der Waals surface area contributed by atoms with Crippen molar-refractivity contribution in [1.82, 2.24) is 14.9 Å². The van der Waals surface area contributed by atoms with Crippen LogP contribution in [0.25, 0.3) is 0 Å². The highest BCUT2D eigenvalue weighted by Gasteiger charge is 2.34. The Morgan fingerprint density at radius 1 is 1.52 bits per heavy atom. The number of rotatable bonds is 4. The molecule has 6 nitrogen and oxygen atoms in total. The Balaban J connectivity index is 1.72. The second-order valence-electron chi connectivity index (χ2n) is 6.40. The molecule has 2 fully saturated rings. The Kier molecular flexibility index (Phi) is 3.57. The number of ether oxygens (including phenoxy) is 1. The lowest BCUT2D eigenvalue weighted by Gasteiger charge is -2.40. The molecule has 0 radical (unpaired) electrons. The number of hydrogen-bond donors (Lipinski definition) is 1. The fraction of sp³-hybridized carbons (Fsp3) is 0.667. The van der Waals surface area contributed by atoms with Gasteiger partial charge in [0.05, 0.1) is 24.9 Å². The molecule has 1 aromatic rings. The molecule has 1 amide bonds. The molecule has 0 spiro atoms. The van der Waals surface area contributed by atoms with Gasteiger partial charge in [-0.15, -0.1) is 0 Å². The first kappa shape index (κ1) is 14.3. The first-order chi connectivity index (χ1) is 9.97. The second-order valence-corrected chi connectivity index (χ2v) is 6.40. The van der Waals surface area contributed by atoms with E-state index in [0.717, 1.165) is 50.1 Å². The number of aryl methyl sites for hydroxylation is 1. The summed E-state index contributed by atoms with van der Waals surface area (Å²) in [5.74, 6) is 1.68. The molecule has 1 unspecified atom stereocenters. The van der Waals surface area contributed by atoms with E-state index >= 15 is 0 Å². The van der Waals surface area contributed by atoms with Crippen molar-refractivity contribution in [2.24, 2.45) is 5.41 Å². The fourth-order valence-electron chi connectivity index (χ4n) is 2.78. The molecule has 1 atom stereocenters. The van der Waals surface area contributed by atoms with E-state index in [1.165, 1.54) is 0 Å². The molecule has 1 N–H and O–H groups in total. The third-order valence-electron chi connectivity index (χ3n) is 4.22. The predicted octanol–water partition coefficient (Wildman–Crippen LogP) is 1.53. The Morgan fingerprint density at radius 2 is 2.29 bits per heavy atom. The summed E-state index contributed by atoms with van der Waals surface area (Å²) in [5, 5.41) is 3.38. The number of nitrogens with one attached hydrogen (secondary N) is 1. The molecule has 0 aromatic carbocycles. The highest BCUT2D eigenvalue weighted by atomic mass is 16.5. The minimum atomic E-state index is 0.104. The third kappa shape index (κ3) is 2.85. The zero-order valence-corrected chi connectivity index (χ0v) is 12.8. The van der Waals surface area contributed by atoms with E-state index in [1.54, 1.807) is 6.92 Å². The monoisotopic (exact) mass is 290 g/mol. The van der Waals surface area contributed by atoms with Crippen LogP contribution in [0.4, 0.5) is 5.82 Å². The predicted molar refractivity (Wildman–Crippen MR) is 78.9 cm³/mol. The molecule has 0 bridgehead atoms. The van der Waals surface area contributed by atoms with Crippen LogP contribution >= 0.6 is 0 Å². The molecule has 3 heterocycles. The molecule has 1 aromatic heterocycles. The summed E-state index contributed by atoms with van der Waals surface area (Å²) in [6, 6.07) is 2.07. The van der Waals surface area contributed by atoms with Gasteiger partial charge in [-0.3, -0.25) is 4.79 Å². The Bertz CT molecular complexity index is 557. The second kappa shape index (κ2) is 5.26. The summed E-state index contributed by atoms with van der Waals surface area (Å²) in [4.78, 5) is 22.3. The van der Waals surface area contributed by atoms with Gasteiger partial charge in [-0.1, -0.05) is 6.92 Å². The molecule has 3 rings (SSSR count). The van der Waals surface area contributed by atoms with Crippen molar-refractivity contribution in [1.29, 1.82) is 0 Å². The zero-order valence-electron chi connectivity index (χ0n) is 12.8. The van der Waals surface area contributed by atoms with Gasteiger partial charge in [0.15, 0.2) is 0 Å². The van der Waals surface area contributed by atoms with Gasteiger partial charge >= 0.3 is 0 Å². The quantitative estimate of drug-likeness (QED) is 0.911. The normalized spacial score (nSPS) is 23.2. The van der Waals surface area contributed by atoms with E-state index in [1.807, 2.05) is 17.9 Å². The van der Waals surface area contributed by atoms with Crippen molar-refractivity contribution in [3.8, 4) is 0 Å². The summed E-state index contributed by atoms with van der Waals surface area (Å²) in [7, 11) is 0. The molecule has 21 heavy (non-hydrogen) atoms. The maximum absolute atomic E-state index is 11.5. The lowest BCUT2D eigenvalue weighted by atomic mass is 9.89. The van der Waals surface area contributed by atoms with Gasteiger partial charge in [0.2, 0.25) is 5.91 Å². The van der Waals surface area contributed by atoms with E-state index in [9.17, 15) is 4.79 Å². The lowest BCUT2D eigenvalue weighted by Crippen LogP contribution is -2.45.